The lowest BCUT2D eigenvalue weighted by molar-refractivity contribution is -0.158. The lowest BCUT2D eigenvalue weighted by Gasteiger charge is -2.23. The summed E-state index contributed by atoms with van der Waals surface area (Å²) < 4.78 is 42.4. The normalized spacial score (nSPS) is 19.7. The van der Waals surface area contributed by atoms with Gasteiger partial charge in [0.2, 0.25) is 11.7 Å². The fraction of sp³-hybridized carbons (Fsp3) is 0.667. The number of alkyl halides is 3. The van der Waals surface area contributed by atoms with E-state index in [2.05, 4.69) is 5.16 Å². The zero-order valence-corrected chi connectivity index (χ0v) is 13.8. The van der Waals surface area contributed by atoms with E-state index in [0.717, 1.165) is 16.2 Å². The number of halogens is 3. The van der Waals surface area contributed by atoms with Crippen molar-refractivity contribution < 1.29 is 27.3 Å². The van der Waals surface area contributed by atoms with Gasteiger partial charge in [-0.05, 0) is 12.8 Å². The van der Waals surface area contributed by atoms with Crippen molar-refractivity contribution in [1.82, 2.24) is 15.0 Å². The number of hydrogen-bond acceptors (Lipinski definition) is 4. The third-order valence-corrected chi connectivity index (χ3v) is 4.28. The van der Waals surface area contributed by atoms with Gasteiger partial charge in [0, 0.05) is 25.6 Å². The summed E-state index contributed by atoms with van der Waals surface area (Å²) in [6.45, 7) is 2.57. The Hall–Kier alpha value is -2.06. The molecule has 0 saturated carbocycles. The average Bonchev–Trinajstić information content (AvgIpc) is 3.12. The van der Waals surface area contributed by atoms with E-state index in [9.17, 15) is 22.8 Å². The molecule has 1 aromatic heterocycles. The third kappa shape index (κ3) is 3.88. The van der Waals surface area contributed by atoms with E-state index in [1.165, 1.54) is 13.1 Å². The van der Waals surface area contributed by atoms with Gasteiger partial charge >= 0.3 is 6.18 Å². The molecular weight excluding hydrogens is 327 g/mol. The number of carbonyl (C=O) groups is 2. The number of likely N-dealkylation sites (tertiary alicyclic amines) is 1. The number of rotatable bonds is 5. The number of aromatic nitrogens is 1. The molecule has 1 fully saturated rings. The molecule has 1 saturated heterocycles. The van der Waals surface area contributed by atoms with E-state index in [1.807, 2.05) is 13.8 Å². The van der Waals surface area contributed by atoms with Crippen molar-refractivity contribution in [3.63, 3.8) is 0 Å². The van der Waals surface area contributed by atoms with Crippen molar-refractivity contribution in [2.24, 2.45) is 0 Å². The van der Waals surface area contributed by atoms with E-state index >= 15 is 0 Å². The van der Waals surface area contributed by atoms with Gasteiger partial charge in [-0.15, -0.1) is 0 Å². The van der Waals surface area contributed by atoms with Gasteiger partial charge in [0.25, 0.3) is 5.91 Å². The molecule has 0 N–H and O–H groups in total. The molecule has 2 rings (SSSR count). The molecule has 0 spiro atoms. The molecule has 6 nitrogen and oxygen atoms in total. The highest BCUT2D eigenvalue weighted by molar-refractivity contribution is 5.96. The van der Waals surface area contributed by atoms with Gasteiger partial charge in [0.1, 0.15) is 12.6 Å². The Bertz CT molecular complexity index is 615. The lowest BCUT2D eigenvalue weighted by atomic mass is 10.1. The van der Waals surface area contributed by atoms with Crippen LogP contribution >= 0.6 is 0 Å². The van der Waals surface area contributed by atoms with Crippen molar-refractivity contribution in [2.45, 2.75) is 44.8 Å². The summed E-state index contributed by atoms with van der Waals surface area (Å²) >= 11 is 0. The molecule has 9 heteroatoms. The summed E-state index contributed by atoms with van der Waals surface area (Å²) in [7, 11) is 1.38. The number of hydrogen-bond donors (Lipinski definition) is 0. The molecule has 0 unspecified atom stereocenters. The molecule has 2 atom stereocenters. The summed E-state index contributed by atoms with van der Waals surface area (Å²) in [5, 5.41) is 3.83. The Labute approximate surface area is 137 Å². The summed E-state index contributed by atoms with van der Waals surface area (Å²) in [6.07, 6.45) is -3.48. The lowest BCUT2D eigenvalue weighted by Crippen LogP contribution is -2.44. The molecule has 1 aliphatic rings. The maximum atomic E-state index is 12.4. The standard InChI is InChI=1S/C15H20F3N3O3/c1-4-9(2)10-7-12(24-19-10)14(23)20(3)11-5-6-21(13(11)22)8-15(16,17)18/h7,9,11H,4-6,8H2,1-3H3/t9-,11+/m1/s1. The average molecular weight is 347 g/mol. The zero-order valence-electron chi connectivity index (χ0n) is 13.8. The first-order valence-electron chi connectivity index (χ1n) is 7.73. The molecule has 0 aliphatic carbocycles. The van der Waals surface area contributed by atoms with E-state index in [-0.39, 0.29) is 24.6 Å². The molecule has 1 aliphatic heterocycles. The number of likely N-dealkylation sites (N-methyl/N-ethyl adjacent to an activating group) is 1. The number of carbonyl (C=O) groups excluding carboxylic acids is 2. The summed E-state index contributed by atoms with van der Waals surface area (Å²) in [4.78, 5) is 26.3. The van der Waals surface area contributed by atoms with Gasteiger partial charge in [-0.3, -0.25) is 9.59 Å². The highest BCUT2D eigenvalue weighted by Crippen LogP contribution is 2.24. The van der Waals surface area contributed by atoms with Crippen LogP contribution in [-0.2, 0) is 4.79 Å². The fourth-order valence-electron chi connectivity index (χ4n) is 2.60. The van der Waals surface area contributed by atoms with Crippen LogP contribution in [0.25, 0.3) is 0 Å². The van der Waals surface area contributed by atoms with Crippen LogP contribution in [0.5, 0.6) is 0 Å². The van der Waals surface area contributed by atoms with Crippen molar-refractivity contribution in [1.29, 1.82) is 0 Å². The van der Waals surface area contributed by atoms with Gasteiger partial charge < -0.3 is 14.3 Å². The first-order chi connectivity index (χ1) is 11.1. The van der Waals surface area contributed by atoms with Crippen LogP contribution in [0.4, 0.5) is 13.2 Å². The Morgan fingerprint density at radius 3 is 2.79 bits per heavy atom. The minimum Gasteiger partial charge on any atom is -0.351 e. The van der Waals surface area contributed by atoms with Gasteiger partial charge in [0.05, 0.1) is 5.69 Å². The van der Waals surface area contributed by atoms with Gasteiger partial charge in [-0.1, -0.05) is 19.0 Å². The van der Waals surface area contributed by atoms with Crippen LogP contribution < -0.4 is 0 Å². The predicted octanol–water partition coefficient (Wildman–Crippen LogP) is 2.42. The zero-order chi connectivity index (χ0) is 18.1. The molecule has 0 radical (unpaired) electrons. The van der Waals surface area contributed by atoms with Crippen molar-refractivity contribution in [3.8, 4) is 0 Å². The fourth-order valence-corrected chi connectivity index (χ4v) is 2.60. The maximum Gasteiger partial charge on any atom is 0.406 e. The van der Waals surface area contributed by atoms with Gasteiger partial charge in [-0.2, -0.15) is 13.2 Å². The molecule has 0 aromatic carbocycles. The quantitative estimate of drug-likeness (QED) is 0.820. The first-order valence-corrected chi connectivity index (χ1v) is 7.73. The highest BCUT2D eigenvalue weighted by atomic mass is 19.4. The Balaban J connectivity index is 2.06. The molecule has 0 bridgehead atoms. The second-order valence-electron chi connectivity index (χ2n) is 6.02. The molecule has 2 amide bonds. The second-order valence-corrected chi connectivity index (χ2v) is 6.02. The monoisotopic (exact) mass is 347 g/mol. The molecule has 134 valence electrons. The Kier molecular flexibility index (Phi) is 5.19. The Morgan fingerprint density at radius 2 is 2.21 bits per heavy atom. The van der Waals surface area contributed by atoms with E-state index in [0.29, 0.717) is 5.69 Å². The van der Waals surface area contributed by atoms with Crippen LogP contribution in [0.1, 0.15) is 48.9 Å². The topological polar surface area (TPSA) is 66.7 Å². The van der Waals surface area contributed by atoms with Crippen LogP contribution in [0.2, 0.25) is 0 Å². The van der Waals surface area contributed by atoms with Crippen LogP contribution in [0.3, 0.4) is 0 Å². The minimum absolute atomic E-state index is 0.0186. The minimum atomic E-state index is -4.46. The SMILES string of the molecule is CC[C@@H](C)c1cc(C(=O)N(C)[C@H]2CCN(CC(F)(F)F)C2=O)on1. The van der Waals surface area contributed by atoms with Crippen LogP contribution in [0, 0.1) is 0 Å². The maximum absolute atomic E-state index is 12.4. The number of nitrogens with zero attached hydrogens (tertiary/aromatic N) is 3. The predicted molar refractivity (Wildman–Crippen MR) is 78.3 cm³/mol. The third-order valence-electron chi connectivity index (χ3n) is 4.28. The molecular formula is C15H20F3N3O3. The van der Waals surface area contributed by atoms with Crippen molar-refractivity contribution >= 4 is 11.8 Å². The molecule has 24 heavy (non-hydrogen) atoms. The van der Waals surface area contributed by atoms with Crippen LogP contribution in [0.15, 0.2) is 10.6 Å². The van der Waals surface area contributed by atoms with E-state index in [1.54, 1.807) is 0 Å². The Morgan fingerprint density at radius 1 is 1.54 bits per heavy atom. The van der Waals surface area contributed by atoms with Gasteiger partial charge in [0.15, 0.2) is 0 Å². The van der Waals surface area contributed by atoms with Gasteiger partial charge in [-0.25, -0.2) is 0 Å². The largest absolute Gasteiger partial charge is 0.406 e. The van der Waals surface area contributed by atoms with Crippen molar-refractivity contribution in [2.75, 3.05) is 20.1 Å². The summed E-state index contributed by atoms with van der Waals surface area (Å²) in [6, 6.07) is 0.594. The van der Waals surface area contributed by atoms with Crippen molar-refractivity contribution in [3.05, 3.63) is 17.5 Å². The second kappa shape index (κ2) is 6.82. The first kappa shape index (κ1) is 18.3. The number of amides is 2. The van der Waals surface area contributed by atoms with Crippen LogP contribution in [-0.4, -0.2) is 59.1 Å². The summed E-state index contributed by atoms with van der Waals surface area (Å²) in [5.41, 5.74) is 0.630. The van der Waals surface area contributed by atoms with E-state index in [4.69, 9.17) is 4.52 Å². The smallest absolute Gasteiger partial charge is 0.351 e. The molecule has 2 heterocycles. The molecule has 1 aromatic rings. The highest BCUT2D eigenvalue weighted by Gasteiger charge is 2.42. The summed E-state index contributed by atoms with van der Waals surface area (Å²) in [5.74, 6) is -1.17. The van der Waals surface area contributed by atoms with E-state index < -0.39 is 30.6 Å².